The maximum absolute atomic E-state index is 11.0. The maximum Gasteiger partial charge on any atom is 0.517 e. The van der Waals surface area contributed by atoms with Crippen LogP contribution in [0, 0.1) is 0 Å². The smallest absolute Gasteiger partial charge is 0.428 e. The molecule has 0 aliphatic heterocycles. The van der Waals surface area contributed by atoms with Crippen LogP contribution in [0.2, 0.25) is 0 Å². The summed E-state index contributed by atoms with van der Waals surface area (Å²) in [6.07, 6.45) is -1.80. The van der Waals surface area contributed by atoms with Crippen LogP contribution in [0.25, 0.3) is 0 Å². The molecule has 0 saturated heterocycles. The predicted molar refractivity (Wildman–Crippen MR) is 54.6 cm³/mol. The summed E-state index contributed by atoms with van der Waals surface area (Å²) in [5, 5.41) is 5.20. The molecule has 0 aromatic carbocycles. The van der Waals surface area contributed by atoms with E-state index < -0.39 is 17.8 Å². The number of ether oxygens (including phenoxy) is 2. The van der Waals surface area contributed by atoms with E-state index in [2.05, 4.69) is 15.4 Å². The first-order valence-electron chi connectivity index (χ1n) is 4.68. The van der Waals surface area contributed by atoms with Crippen molar-refractivity contribution in [3.05, 3.63) is 0 Å². The first kappa shape index (κ1) is 13.7. The number of alkyl carbamates (subject to hydrolysis) is 1. The van der Waals surface area contributed by atoms with Crippen molar-refractivity contribution >= 4 is 12.2 Å². The van der Waals surface area contributed by atoms with Crippen LogP contribution in [0.15, 0.2) is 0 Å². The fourth-order valence-corrected chi connectivity index (χ4v) is 0.672. The molecule has 1 amide bonds. The van der Waals surface area contributed by atoms with Crippen molar-refractivity contribution < 1.29 is 19.1 Å². The van der Waals surface area contributed by atoms with Gasteiger partial charge < -0.3 is 20.1 Å². The van der Waals surface area contributed by atoms with E-state index in [1.165, 1.54) is 0 Å². The number of nitrogens with one attached hydrogen (secondary N) is 2. The number of amides is 1. The lowest BCUT2D eigenvalue weighted by atomic mass is 10.2. The zero-order chi connectivity index (χ0) is 11.9. The average Bonchev–Trinajstić information content (AvgIpc) is 2.00. The minimum absolute atomic E-state index is 0.387. The van der Waals surface area contributed by atoms with Gasteiger partial charge in [-0.05, 0) is 27.8 Å². The van der Waals surface area contributed by atoms with E-state index in [9.17, 15) is 9.59 Å². The van der Waals surface area contributed by atoms with Crippen molar-refractivity contribution in [2.45, 2.75) is 26.4 Å². The lowest BCUT2D eigenvalue weighted by molar-refractivity contribution is 0.00905. The summed E-state index contributed by atoms with van der Waals surface area (Å²) < 4.78 is 9.11. The van der Waals surface area contributed by atoms with Gasteiger partial charge in [-0.25, -0.2) is 9.59 Å². The van der Waals surface area contributed by atoms with Gasteiger partial charge in [0.1, 0.15) is 5.60 Å². The first-order chi connectivity index (χ1) is 6.85. The molecular formula is C9H18N2O4. The Morgan fingerprint density at radius 3 is 2.27 bits per heavy atom. The Kier molecular flexibility index (Phi) is 5.69. The molecule has 0 rings (SSSR count). The van der Waals surface area contributed by atoms with Gasteiger partial charge in [0, 0.05) is 13.1 Å². The Hall–Kier alpha value is -1.30. The van der Waals surface area contributed by atoms with Gasteiger partial charge in [-0.15, -0.1) is 0 Å². The molecule has 0 bridgehead atoms. The van der Waals surface area contributed by atoms with Crippen LogP contribution < -0.4 is 10.6 Å². The van der Waals surface area contributed by atoms with Gasteiger partial charge in [-0.3, -0.25) is 0 Å². The summed E-state index contributed by atoms with van der Waals surface area (Å²) in [5.74, 6) is 0. The fourth-order valence-electron chi connectivity index (χ4n) is 0.672. The highest BCUT2D eigenvalue weighted by Gasteiger charge is 2.19. The Morgan fingerprint density at radius 1 is 1.20 bits per heavy atom. The highest BCUT2D eigenvalue weighted by atomic mass is 16.8. The summed E-state index contributed by atoms with van der Waals surface area (Å²) in [7, 11) is 1.75. The van der Waals surface area contributed by atoms with Crippen LogP contribution in [0.4, 0.5) is 9.59 Å². The standard InChI is InChI=1S/C9H18N2O4/c1-9(2,3)15-8(13)14-7(12)11-6-5-10-4/h10H,5-6H2,1-4H3,(H,11,12). The topological polar surface area (TPSA) is 76.7 Å². The highest BCUT2D eigenvalue weighted by molar-refractivity contribution is 5.80. The van der Waals surface area contributed by atoms with Crippen LogP contribution >= 0.6 is 0 Å². The van der Waals surface area contributed by atoms with Gasteiger partial charge in [0.2, 0.25) is 0 Å². The van der Waals surface area contributed by atoms with Crippen molar-refractivity contribution in [1.82, 2.24) is 10.6 Å². The normalized spacial score (nSPS) is 10.7. The molecule has 0 radical (unpaired) electrons. The van der Waals surface area contributed by atoms with Crippen LogP contribution in [0.5, 0.6) is 0 Å². The molecule has 0 aliphatic carbocycles. The number of likely N-dealkylation sites (N-methyl/N-ethyl adjacent to an activating group) is 1. The van der Waals surface area contributed by atoms with E-state index in [0.29, 0.717) is 13.1 Å². The molecule has 0 fully saturated rings. The Morgan fingerprint density at radius 2 is 1.80 bits per heavy atom. The van der Waals surface area contributed by atoms with Gasteiger partial charge in [0.15, 0.2) is 0 Å². The SMILES string of the molecule is CNCCNC(=O)OC(=O)OC(C)(C)C. The minimum Gasteiger partial charge on any atom is -0.428 e. The Labute approximate surface area is 89.3 Å². The number of rotatable bonds is 3. The summed E-state index contributed by atoms with van der Waals surface area (Å²) in [5.41, 5.74) is -0.664. The lowest BCUT2D eigenvalue weighted by Crippen LogP contribution is -2.34. The van der Waals surface area contributed by atoms with Crippen molar-refractivity contribution in [1.29, 1.82) is 0 Å². The molecule has 0 aromatic heterocycles. The van der Waals surface area contributed by atoms with E-state index >= 15 is 0 Å². The van der Waals surface area contributed by atoms with E-state index in [0.717, 1.165) is 0 Å². The predicted octanol–water partition coefficient (Wildman–Crippen LogP) is 0.867. The van der Waals surface area contributed by atoms with Crippen molar-refractivity contribution in [2.75, 3.05) is 20.1 Å². The molecule has 0 spiro atoms. The van der Waals surface area contributed by atoms with E-state index in [1.807, 2.05) is 0 Å². The summed E-state index contributed by atoms with van der Waals surface area (Å²) >= 11 is 0. The molecule has 0 heterocycles. The van der Waals surface area contributed by atoms with Crippen LogP contribution in [0.1, 0.15) is 20.8 Å². The highest BCUT2D eigenvalue weighted by Crippen LogP contribution is 2.07. The van der Waals surface area contributed by atoms with Gasteiger partial charge in [-0.2, -0.15) is 0 Å². The molecule has 15 heavy (non-hydrogen) atoms. The second kappa shape index (κ2) is 6.23. The number of carbonyl (C=O) groups is 2. The van der Waals surface area contributed by atoms with Gasteiger partial charge in [-0.1, -0.05) is 0 Å². The first-order valence-corrected chi connectivity index (χ1v) is 4.68. The summed E-state index contributed by atoms with van der Waals surface area (Å²) in [6.45, 7) is 6.05. The molecule has 0 aromatic rings. The molecule has 6 heteroatoms. The third-order valence-electron chi connectivity index (χ3n) is 1.21. The van der Waals surface area contributed by atoms with Gasteiger partial charge in [0.25, 0.3) is 0 Å². The quantitative estimate of drug-likeness (QED) is 0.417. The Bertz CT molecular complexity index is 223. The van der Waals surface area contributed by atoms with Crippen molar-refractivity contribution in [3.63, 3.8) is 0 Å². The molecule has 0 saturated carbocycles. The third-order valence-corrected chi connectivity index (χ3v) is 1.21. The summed E-state index contributed by atoms with van der Waals surface area (Å²) in [6, 6.07) is 0. The molecule has 88 valence electrons. The van der Waals surface area contributed by atoms with Gasteiger partial charge >= 0.3 is 12.2 Å². The largest absolute Gasteiger partial charge is 0.517 e. The second-order valence-corrected chi connectivity index (χ2v) is 3.88. The lowest BCUT2D eigenvalue weighted by Gasteiger charge is -2.18. The zero-order valence-electron chi connectivity index (χ0n) is 9.55. The number of hydrogen-bond donors (Lipinski definition) is 2. The van der Waals surface area contributed by atoms with E-state index in [4.69, 9.17) is 4.74 Å². The van der Waals surface area contributed by atoms with Crippen LogP contribution in [-0.4, -0.2) is 38.0 Å². The van der Waals surface area contributed by atoms with Crippen LogP contribution in [0.3, 0.4) is 0 Å². The number of hydrogen-bond acceptors (Lipinski definition) is 5. The van der Waals surface area contributed by atoms with E-state index in [1.54, 1.807) is 27.8 Å². The van der Waals surface area contributed by atoms with Crippen molar-refractivity contribution in [2.24, 2.45) is 0 Å². The van der Waals surface area contributed by atoms with Crippen LogP contribution in [-0.2, 0) is 9.47 Å². The molecule has 0 atom stereocenters. The third kappa shape index (κ3) is 9.01. The van der Waals surface area contributed by atoms with E-state index in [-0.39, 0.29) is 0 Å². The Balaban J connectivity index is 3.72. The molecule has 0 unspecified atom stereocenters. The van der Waals surface area contributed by atoms with Crippen molar-refractivity contribution in [3.8, 4) is 0 Å². The average molecular weight is 218 g/mol. The zero-order valence-corrected chi connectivity index (χ0v) is 9.55. The molecule has 6 nitrogen and oxygen atoms in total. The molecule has 0 aliphatic rings. The molecular weight excluding hydrogens is 200 g/mol. The fraction of sp³-hybridized carbons (Fsp3) is 0.778. The second-order valence-electron chi connectivity index (χ2n) is 3.88. The minimum atomic E-state index is -0.996. The monoisotopic (exact) mass is 218 g/mol. The number of carbonyl (C=O) groups excluding carboxylic acids is 2. The van der Waals surface area contributed by atoms with Gasteiger partial charge in [0.05, 0.1) is 0 Å². The maximum atomic E-state index is 11.0. The molecule has 2 N–H and O–H groups in total. The summed E-state index contributed by atoms with van der Waals surface area (Å²) in [4.78, 5) is 21.9.